The molecule has 1 saturated heterocycles. The highest BCUT2D eigenvalue weighted by Gasteiger charge is 2.23. The van der Waals surface area contributed by atoms with Gasteiger partial charge in [0.1, 0.15) is 0 Å². The van der Waals surface area contributed by atoms with Gasteiger partial charge in [-0.2, -0.15) is 4.98 Å². The molecule has 0 bridgehead atoms. The zero-order valence-corrected chi connectivity index (χ0v) is 13.9. The number of nitrogens with zero attached hydrogens (tertiary/aromatic N) is 4. The highest BCUT2D eigenvalue weighted by Crippen LogP contribution is 2.16. The summed E-state index contributed by atoms with van der Waals surface area (Å²) in [7, 11) is 0. The largest absolute Gasteiger partial charge is 0.355 e. The van der Waals surface area contributed by atoms with Gasteiger partial charge < -0.3 is 9.84 Å². The Morgan fingerprint density at radius 3 is 3.04 bits per heavy atom. The van der Waals surface area contributed by atoms with Gasteiger partial charge in [0.05, 0.1) is 0 Å². The molecular weight excluding hydrogens is 306 g/mol. The lowest BCUT2D eigenvalue weighted by atomic mass is 10.2. The number of aromatic nitrogens is 3. The number of carbonyl (C=O) groups is 1. The van der Waals surface area contributed by atoms with E-state index in [1.54, 1.807) is 12.4 Å². The van der Waals surface area contributed by atoms with Crippen molar-refractivity contribution in [3.63, 3.8) is 0 Å². The van der Waals surface area contributed by atoms with E-state index >= 15 is 0 Å². The second-order valence-corrected chi connectivity index (χ2v) is 5.98. The van der Waals surface area contributed by atoms with Crippen molar-refractivity contribution < 1.29 is 9.32 Å². The van der Waals surface area contributed by atoms with E-state index in [2.05, 4.69) is 32.3 Å². The Morgan fingerprint density at radius 2 is 2.25 bits per heavy atom. The van der Waals surface area contributed by atoms with Gasteiger partial charge in [-0.15, -0.1) is 0 Å². The number of likely N-dealkylation sites (tertiary alicyclic amines) is 1. The molecule has 1 aliphatic heterocycles. The molecule has 7 nitrogen and oxygen atoms in total. The molecule has 1 amide bonds. The van der Waals surface area contributed by atoms with Crippen LogP contribution in [0.25, 0.3) is 11.4 Å². The van der Waals surface area contributed by atoms with Crippen LogP contribution in [0.1, 0.15) is 32.1 Å². The Labute approximate surface area is 141 Å². The molecule has 2 aromatic heterocycles. The summed E-state index contributed by atoms with van der Waals surface area (Å²) in [5.74, 6) is 1.03. The van der Waals surface area contributed by atoms with Crippen LogP contribution in [0.15, 0.2) is 29.0 Å². The van der Waals surface area contributed by atoms with Crippen molar-refractivity contribution >= 4 is 5.91 Å². The van der Waals surface area contributed by atoms with Gasteiger partial charge in [-0.3, -0.25) is 14.7 Å². The number of aryl methyl sites for hydroxylation is 1. The molecular formula is C17H23N5O2. The number of carbonyl (C=O) groups excluding carboxylic acids is 1. The Morgan fingerprint density at radius 1 is 1.42 bits per heavy atom. The highest BCUT2D eigenvalue weighted by atomic mass is 16.5. The minimum Gasteiger partial charge on any atom is -0.355 e. The van der Waals surface area contributed by atoms with E-state index in [1.807, 2.05) is 12.1 Å². The van der Waals surface area contributed by atoms with Gasteiger partial charge in [-0.1, -0.05) is 12.1 Å². The van der Waals surface area contributed by atoms with Crippen LogP contribution in [0.5, 0.6) is 0 Å². The minimum atomic E-state index is 0.0293. The summed E-state index contributed by atoms with van der Waals surface area (Å²) in [4.78, 5) is 22.7. The van der Waals surface area contributed by atoms with E-state index in [0.29, 0.717) is 30.6 Å². The first-order chi connectivity index (χ1) is 11.8. The Bertz CT molecular complexity index is 658. The molecule has 3 heterocycles. The van der Waals surface area contributed by atoms with E-state index in [-0.39, 0.29) is 5.91 Å². The van der Waals surface area contributed by atoms with Crippen LogP contribution < -0.4 is 5.32 Å². The van der Waals surface area contributed by atoms with E-state index in [9.17, 15) is 4.79 Å². The van der Waals surface area contributed by atoms with Crippen molar-refractivity contribution in [3.8, 4) is 11.4 Å². The molecule has 0 saturated carbocycles. The van der Waals surface area contributed by atoms with Crippen LogP contribution in [0.3, 0.4) is 0 Å². The second kappa shape index (κ2) is 8.01. The molecule has 3 rings (SSSR count). The third-order valence-corrected chi connectivity index (χ3v) is 4.41. The van der Waals surface area contributed by atoms with Crippen LogP contribution in [0.2, 0.25) is 0 Å². The van der Waals surface area contributed by atoms with E-state index in [4.69, 9.17) is 4.52 Å². The number of pyridine rings is 1. The fourth-order valence-corrected chi connectivity index (χ4v) is 3.06. The van der Waals surface area contributed by atoms with Gasteiger partial charge in [-0.25, -0.2) is 0 Å². The lowest BCUT2D eigenvalue weighted by Crippen LogP contribution is -2.40. The maximum absolute atomic E-state index is 12.0. The van der Waals surface area contributed by atoms with Crippen molar-refractivity contribution in [2.75, 3.05) is 19.6 Å². The Kier molecular flexibility index (Phi) is 5.53. The van der Waals surface area contributed by atoms with Gasteiger partial charge in [-0.05, 0) is 38.1 Å². The molecule has 24 heavy (non-hydrogen) atoms. The van der Waals surface area contributed by atoms with Gasteiger partial charge >= 0.3 is 0 Å². The molecule has 0 aromatic carbocycles. The van der Waals surface area contributed by atoms with E-state index in [1.165, 1.54) is 6.42 Å². The number of rotatable bonds is 7. The van der Waals surface area contributed by atoms with Crippen LogP contribution >= 0.6 is 0 Å². The van der Waals surface area contributed by atoms with Crippen molar-refractivity contribution in [2.45, 2.75) is 38.6 Å². The maximum Gasteiger partial charge on any atom is 0.227 e. The molecule has 1 N–H and O–H groups in total. The first-order valence-corrected chi connectivity index (χ1v) is 8.50. The minimum absolute atomic E-state index is 0.0293. The molecule has 1 fully saturated rings. The molecule has 2 aromatic rings. The summed E-state index contributed by atoms with van der Waals surface area (Å²) in [5.41, 5.74) is 0.852. The zero-order valence-electron chi connectivity index (χ0n) is 13.9. The zero-order chi connectivity index (χ0) is 16.8. The van der Waals surface area contributed by atoms with Gasteiger partial charge in [0.15, 0.2) is 0 Å². The summed E-state index contributed by atoms with van der Waals surface area (Å²) in [6, 6.07) is 4.12. The number of hydrogen-bond donors (Lipinski definition) is 1. The summed E-state index contributed by atoms with van der Waals surface area (Å²) in [6.45, 7) is 5.06. The van der Waals surface area contributed by atoms with Crippen molar-refractivity contribution in [2.24, 2.45) is 0 Å². The van der Waals surface area contributed by atoms with Crippen molar-refractivity contribution in [3.05, 3.63) is 30.4 Å². The van der Waals surface area contributed by atoms with E-state index in [0.717, 1.165) is 31.6 Å². The SMILES string of the molecule is CCN1CCC[C@@H]1CNC(=O)CCc1nc(-c2ccncc2)no1. The molecule has 7 heteroatoms. The molecule has 0 aliphatic carbocycles. The molecule has 1 atom stereocenters. The summed E-state index contributed by atoms with van der Waals surface area (Å²) in [5, 5.41) is 6.96. The van der Waals surface area contributed by atoms with Crippen LogP contribution in [-0.4, -0.2) is 51.6 Å². The Balaban J connectivity index is 1.44. The second-order valence-electron chi connectivity index (χ2n) is 5.98. The molecule has 0 unspecified atom stereocenters. The van der Waals surface area contributed by atoms with E-state index < -0.39 is 0 Å². The number of amides is 1. The fraction of sp³-hybridized carbons (Fsp3) is 0.529. The average molecular weight is 329 g/mol. The molecule has 1 aliphatic rings. The van der Waals surface area contributed by atoms with Crippen LogP contribution in [0.4, 0.5) is 0 Å². The third-order valence-electron chi connectivity index (χ3n) is 4.41. The monoisotopic (exact) mass is 329 g/mol. The lowest BCUT2D eigenvalue weighted by molar-refractivity contribution is -0.121. The summed E-state index contributed by atoms with van der Waals surface area (Å²) < 4.78 is 5.21. The number of hydrogen-bond acceptors (Lipinski definition) is 6. The number of nitrogens with one attached hydrogen (secondary N) is 1. The lowest BCUT2D eigenvalue weighted by Gasteiger charge is -2.22. The van der Waals surface area contributed by atoms with Gasteiger partial charge in [0.2, 0.25) is 17.6 Å². The van der Waals surface area contributed by atoms with Gasteiger partial charge in [0, 0.05) is 43.4 Å². The number of likely N-dealkylation sites (N-methyl/N-ethyl adjacent to an activating group) is 1. The first kappa shape index (κ1) is 16.6. The molecule has 128 valence electrons. The van der Waals surface area contributed by atoms with Gasteiger partial charge in [0.25, 0.3) is 0 Å². The average Bonchev–Trinajstić information content (AvgIpc) is 3.28. The highest BCUT2D eigenvalue weighted by molar-refractivity contribution is 5.76. The van der Waals surface area contributed by atoms with Crippen molar-refractivity contribution in [1.29, 1.82) is 0 Å². The van der Waals surface area contributed by atoms with Crippen LogP contribution in [-0.2, 0) is 11.2 Å². The predicted octanol–water partition coefficient (Wildman–Crippen LogP) is 1.66. The quantitative estimate of drug-likeness (QED) is 0.832. The molecule has 0 radical (unpaired) electrons. The Hall–Kier alpha value is -2.28. The normalized spacial score (nSPS) is 18.0. The predicted molar refractivity (Wildman–Crippen MR) is 89.1 cm³/mol. The smallest absolute Gasteiger partial charge is 0.227 e. The fourth-order valence-electron chi connectivity index (χ4n) is 3.06. The first-order valence-electron chi connectivity index (χ1n) is 8.50. The topological polar surface area (TPSA) is 84.2 Å². The third kappa shape index (κ3) is 4.17. The summed E-state index contributed by atoms with van der Waals surface area (Å²) in [6.07, 6.45) is 6.55. The summed E-state index contributed by atoms with van der Waals surface area (Å²) >= 11 is 0. The molecule has 0 spiro atoms. The van der Waals surface area contributed by atoms with Crippen molar-refractivity contribution in [1.82, 2.24) is 25.3 Å². The standard InChI is InChI=1S/C17H23N5O2/c1-2-22-11-3-4-14(22)12-19-15(23)5-6-16-20-17(21-24-16)13-7-9-18-10-8-13/h7-10,14H,2-6,11-12H2,1H3,(H,19,23)/t14-/m1/s1. The van der Waals surface area contributed by atoms with Crippen LogP contribution in [0, 0.1) is 0 Å². The maximum atomic E-state index is 12.0.